The molecule has 3 rings (SSSR count). The molecule has 4 nitrogen and oxygen atoms in total. The molecular formula is C14H13FN2O2. The van der Waals surface area contributed by atoms with Crippen LogP contribution >= 0.6 is 0 Å². The van der Waals surface area contributed by atoms with Crippen LogP contribution in [0.4, 0.5) is 4.39 Å². The van der Waals surface area contributed by atoms with E-state index < -0.39 is 0 Å². The summed E-state index contributed by atoms with van der Waals surface area (Å²) in [4.78, 5) is 12.2. The van der Waals surface area contributed by atoms with Gasteiger partial charge < -0.3 is 9.84 Å². The van der Waals surface area contributed by atoms with Crippen molar-refractivity contribution in [3.05, 3.63) is 41.4 Å². The van der Waals surface area contributed by atoms with E-state index >= 15 is 0 Å². The Morgan fingerprint density at radius 2 is 2.26 bits per heavy atom. The lowest BCUT2D eigenvalue weighted by Crippen LogP contribution is -2.26. The summed E-state index contributed by atoms with van der Waals surface area (Å²) in [6, 6.07) is 6.22. The molecule has 0 spiro atoms. The first-order valence-corrected chi connectivity index (χ1v) is 6.18. The largest absolute Gasteiger partial charge is 0.360 e. The molecule has 1 aliphatic rings. The van der Waals surface area contributed by atoms with Crippen molar-refractivity contribution in [1.29, 1.82) is 0 Å². The Kier molecular flexibility index (Phi) is 2.81. The third kappa shape index (κ3) is 2.36. The highest BCUT2D eigenvalue weighted by atomic mass is 19.1. The van der Waals surface area contributed by atoms with Crippen molar-refractivity contribution in [1.82, 2.24) is 10.5 Å². The smallest absolute Gasteiger partial charge is 0.257 e. The summed E-state index contributed by atoms with van der Waals surface area (Å²) in [5.74, 6) is -0.135. The predicted molar refractivity (Wildman–Crippen MR) is 67.1 cm³/mol. The van der Waals surface area contributed by atoms with Gasteiger partial charge in [-0.3, -0.25) is 4.79 Å². The fraction of sp³-hybridized carbons (Fsp3) is 0.286. The average molecular weight is 260 g/mol. The molecule has 98 valence electrons. The normalized spacial score (nSPS) is 14.4. The zero-order valence-corrected chi connectivity index (χ0v) is 10.4. The standard InChI is InChI=1S/C14H13FN2O2/c1-8-12(14(18)16-11-5-6-11)13(17-19-8)9-3-2-4-10(15)7-9/h2-4,7,11H,5-6H2,1H3,(H,16,18). The molecule has 0 radical (unpaired) electrons. The number of carbonyl (C=O) groups excluding carboxylic acids is 1. The van der Waals surface area contributed by atoms with Crippen molar-refractivity contribution >= 4 is 5.91 Å². The van der Waals surface area contributed by atoms with E-state index in [4.69, 9.17) is 4.52 Å². The molecule has 1 aromatic heterocycles. The maximum absolute atomic E-state index is 13.3. The van der Waals surface area contributed by atoms with Gasteiger partial charge >= 0.3 is 0 Å². The summed E-state index contributed by atoms with van der Waals surface area (Å²) in [7, 11) is 0. The molecule has 1 aromatic carbocycles. The molecule has 5 heteroatoms. The number of nitrogens with zero attached hydrogens (tertiary/aromatic N) is 1. The van der Waals surface area contributed by atoms with Gasteiger partial charge in [0.1, 0.15) is 22.8 Å². The number of hydrogen-bond donors (Lipinski definition) is 1. The molecule has 1 amide bonds. The molecule has 1 heterocycles. The van der Waals surface area contributed by atoms with Crippen LogP contribution in [0.1, 0.15) is 29.0 Å². The lowest BCUT2D eigenvalue weighted by Gasteiger charge is -2.04. The van der Waals surface area contributed by atoms with Crippen LogP contribution in [-0.2, 0) is 0 Å². The molecule has 19 heavy (non-hydrogen) atoms. The van der Waals surface area contributed by atoms with E-state index in [1.165, 1.54) is 12.1 Å². The van der Waals surface area contributed by atoms with Crippen molar-refractivity contribution < 1.29 is 13.7 Å². The zero-order valence-electron chi connectivity index (χ0n) is 10.4. The van der Waals surface area contributed by atoms with Gasteiger partial charge in [0, 0.05) is 11.6 Å². The lowest BCUT2D eigenvalue weighted by molar-refractivity contribution is 0.0950. The first-order chi connectivity index (χ1) is 9.15. The second-order valence-electron chi connectivity index (χ2n) is 4.72. The molecular weight excluding hydrogens is 247 g/mol. The summed E-state index contributed by atoms with van der Waals surface area (Å²) in [5.41, 5.74) is 1.31. The van der Waals surface area contributed by atoms with Crippen LogP contribution in [0.2, 0.25) is 0 Å². The number of benzene rings is 1. The van der Waals surface area contributed by atoms with E-state index in [1.54, 1.807) is 19.1 Å². The number of aryl methyl sites for hydroxylation is 1. The first kappa shape index (κ1) is 11.9. The van der Waals surface area contributed by atoms with E-state index in [0.29, 0.717) is 22.6 Å². The number of halogens is 1. The van der Waals surface area contributed by atoms with Crippen LogP contribution in [-0.4, -0.2) is 17.1 Å². The van der Waals surface area contributed by atoms with Crippen LogP contribution in [0.25, 0.3) is 11.3 Å². The van der Waals surface area contributed by atoms with Crippen molar-refractivity contribution in [2.24, 2.45) is 0 Å². The molecule has 0 unspecified atom stereocenters. The molecule has 0 atom stereocenters. The van der Waals surface area contributed by atoms with Gasteiger partial charge in [0.05, 0.1) is 0 Å². The van der Waals surface area contributed by atoms with Gasteiger partial charge in [0.25, 0.3) is 5.91 Å². The first-order valence-electron chi connectivity index (χ1n) is 6.18. The minimum Gasteiger partial charge on any atom is -0.360 e. The third-order valence-electron chi connectivity index (χ3n) is 3.10. The number of rotatable bonds is 3. The van der Waals surface area contributed by atoms with Crippen molar-refractivity contribution in [2.75, 3.05) is 0 Å². The molecule has 1 saturated carbocycles. The van der Waals surface area contributed by atoms with E-state index in [0.717, 1.165) is 12.8 Å². The minimum absolute atomic E-state index is 0.208. The predicted octanol–water partition coefficient (Wildman–Crippen LogP) is 2.68. The maximum Gasteiger partial charge on any atom is 0.257 e. The monoisotopic (exact) mass is 260 g/mol. The van der Waals surface area contributed by atoms with Crippen molar-refractivity contribution in [2.45, 2.75) is 25.8 Å². The van der Waals surface area contributed by atoms with Crippen LogP contribution in [0.15, 0.2) is 28.8 Å². The lowest BCUT2D eigenvalue weighted by atomic mass is 10.1. The van der Waals surface area contributed by atoms with Gasteiger partial charge in [-0.15, -0.1) is 0 Å². The fourth-order valence-corrected chi connectivity index (χ4v) is 1.96. The van der Waals surface area contributed by atoms with E-state index in [1.807, 2.05) is 0 Å². The molecule has 2 aromatic rings. The second-order valence-corrected chi connectivity index (χ2v) is 4.72. The fourth-order valence-electron chi connectivity index (χ4n) is 1.96. The Morgan fingerprint density at radius 3 is 2.95 bits per heavy atom. The molecule has 1 fully saturated rings. The highest BCUT2D eigenvalue weighted by molar-refractivity contribution is 6.01. The minimum atomic E-state index is -0.369. The van der Waals surface area contributed by atoms with Gasteiger partial charge in [-0.1, -0.05) is 17.3 Å². The second kappa shape index (κ2) is 4.50. The molecule has 1 N–H and O–H groups in total. The van der Waals surface area contributed by atoms with Crippen molar-refractivity contribution in [3.8, 4) is 11.3 Å². The molecule has 0 aliphatic heterocycles. The number of amides is 1. The number of carbonyl (C=O) groups is 1. The van der Waals surface area contributed by atoms with Gasteiger partial charge in [-0.05, 0) is 31.9 Å². The van der Waals surface area contributed by atoms with E-state index in [2.05, 4.69) is 10.5 Å². The van der Waals surface area contributed by atoms with Gasteiger partial charge in [-0.25, -0.2) is 4.39 Å². The van der Waals surface area contributed by atoms with E-state index in [9.17, 15) is 9.18 Å². The van der Waals surface area contributed by atoms with Crippen molar-refractivity contribution in [3.63, 3.8) is 0 Å². The number of aromatic nitrogens is 1. The zero-order chi connectivity index (χ0) is 13.4. The average Bonchev–Trinajstić information content (AvgIpc) is 3.09. The van der Waals surface area contributed by atoms with Crippen LogP contribution < -0.4 is 5.32 Å². The Balaban J connectivity index is 1.99. The summed E-state index contributed by atoms with van der Waals surface area (Å²) in [5, 5.41) is 6.76. The third-order valence-corrected chi connectivity index (χ3v) is 3.10. The van der Waals surface area contributed by atoms with Crippen LogP contribution in [0.3, 0.4) is 0 Å². The quantitative estimate of drug-likeness (QED) is 0.923. The highest BCUT2D eigenvalue weighted by Gasteiger charge is 2.28. The Hall–Kier alpha value is -2.17. The SMILES string of the molecule is Cc1onc(-c2cccc(F)c2)c1C(=O)NC1CC1. The molecule has 0 saturated heterocycles. The van der Waals surface area contributed by atoms with Gasteiger partial charge in [0.15, 0.2) is 0 Å². The highest BCUT2D eigenvalue weighted by Crippen LogP contribution is 2.27. The summed E-state index contributed by atoms with van der Waals surface area (Å²) < 4.78 is 18.3. The molecule has 1 aliphatic carbocycles. The van der Waals surface area contributed by atoms with E-state index in [-0.39, 0.29) is 17.8 Å². The Bertz CT molecular complexity index is 632. The summed E-state index contributed by atoms with van der Waals surface area (Å²) in [6.07, 6.45) is 2.01. The van der Waals surface area contributed by atoms with Gasteiger partial charge in [0.2, 0.25) is 0 Å². The van der Waals surface area contributed by atoms with Crippen LogP contribution in [0.5, 0.6) is 0 Å². The molecule has 0 bridgehead atoms. The summed E-state index contributed by atoms with van der Waals surface area (Å²) in [6.45, 7) is 1.68. The maximum atomic E-state index is 13.3. The Labute approximate surface area is 109 Å². The summed E-state index contributed by atoms with van der Waals surface area (Å²) >= 11 is 0. The number of nitrogens with one attached hydrogen (secondary N) is 1. The topological polar surface area (TPSA) is 55.1 Å². The number of hydrogen-bond acceptors (Lipinski definition) is 3. The van der Waals surface area contributed by atoms with Gasteiger partial charge in [-0.2, -0.15) is 0 Å². The Morgan fingerprint density at radius 1 is 1.47 bits per heavy atom. The van der Waals surface area contributed by atoms with Crippen LogP contribution in [0, 0.1) is 12.7 Å².